The van der Waals surface area contributed by atoms with Gasteiger partial charge in [0.1, 0.15) is 0 Å². The van der Waals surface area contributed by atoms with E-state index in [0.29, 0.717) is 10.5 Å². The van der Waals surface area contributed by atoms with Crippen LogP contribution in [-0.2, 0) is 0 Å². The molecule has 0 bridgehead atoms. The van der Waals surface area contributed by atoms with Gasteiger partial charge in [-0.3, -0.25) is 0 Å². The average Bonchev–Trinajstić information content (AvgIpc) is 2.47. The van der Waals surface area contributed by atoms with Gasteiger partial charge in [0.2, 0.25) is 0 Å². The molecule has 1 N–H and O–H groups in total. The molecule has 0 aliphatic carbocycles. The third kappa shape index (κ3) is 2.44. The van der Waals surface area contributed by atoms with Crippen molar-refractivity contribution in [3.8, 4) is 0 Å². The van der Waals surface area contributed by atoms with E-state index in [-0.39, 0.29) is 0 Å². The van der Waals surface area contributed by atoms with Gasteiger partial charge < -0.3 is 5.32 Å². The van der Waals surface area contributed by atoms with Crippen molar-refractivity contribution >= 4 is 22.9 Å². The monoisotopic (exact) mass is 204 g/mol. The second-order valence-corrected chi connectivity index (χ2v) is 4.29. The van der Waals surface area contributed by atoms with Gasteiger partial charge >= 0.3 is 0 Å². The molecule has 1 heterocycles. The van der Waals surface area contributed by atoms with Crippen LogP contribution in [0.2, 0.25) is 4.47 Å². The van der Waals surface area contributed by atoms with Crippen LogP contribution in [0.25, 0.3) is 0 Å². The molecule has 0 fully saturated rings. The molecular formula is C8H13ClN2S. The second kappa shape index (κ2) is 4.80. The molecule has 0 saturated carbocycles. The Morgan fingerprint density at radius 3 is 2.92 bits per heavy atom. The van der Waals surface area contributed by atoms with E-state index >= 15 is 0 Å². The molecule has 4 heteroatoms. The van der Waals surface area contributed by atoms with Crippen LogP contribution in [0.1, 0.15) is 30.7 Å². The van der Waals surface area contributed by atoms with Crippen molar-refractivity contribution < 1.29 is 0 Å². The molecule has 1 aromatic heterocycles. The van der Waals surface area contributed by atoms with Crippen LogP contribution in [-0.4, -0.2) is 12.0 Å². The predicted molar refractivity (Wildman–Crippen MR) is 53.8 cm³/mol. The van der Waals surface area contributed by atoms with Gasteiger partial charge in [-0.05, 0) is 13.5 Å². The van der Waals surface area contributed by atoms with Gasteiger partial charge in [0.05, 0.1) is 0 Å². The summed E-state index contributed by atoms with van der Waals surface area (Å²) in [5.74, 6) is 0. The van der Waals surface area contributed by atoms with E-state index in [4.69, 9.17) is 11.6 Å². The van der Waals surface area contributed by atoms with Crippen molar-refractivity contribution in [3.63, 3.8) is 0 Å². The number of nitrogens with zero attached hydrogens (tertiary/aromatic N) is 1. The number of aromatic nitrogens is 1. The predicted octanol–water partition coefficient (Wildman–Crippen LogP) is 2.86. The lowest BCUT2D eigenvalue weighted by Crippen LogP contribution is -2.14. The summed E-state index contributed by atoms with van der Waals surface area (Å²) >= 11 is 7.29. The quantitative estimate of drug-likeness (QED) is 0.816. The smallest absolute Gasteiger partial charge is 0.183 e. The van der Waals surface area contributed by atoms with Crippen molar-refractivity contribution in [2.24, 2.45) is 0 Å². The summed E-state index contributed by atoms with van der Waals surface area (Å²) in [4.78, 5) is 5.24. The Hall–Kier alpha value is -0.120. The highest BCUT2D eigenvalue weighted by atomic mass is 35.5. The first-order valence-electron chi connectivity index (χ1n) is 4.06. The Morgan fingerprint density at radius 2 is 2.50 bits per heavy atom. The molecule has 1 rings (SSSR count). The molecule has 0 aliphatic rings. The minimum atomic E-state index is 0.417. The van der Waals surface area contributed by atoms with E-state index in [0.717, 1.165) is 6.42 Å². The van der Waals surface area contributed by atoms with Crippen LogP contribution in [0.15, 0.2) is 6.20 Å². The van der Waals surface area contributed by atoms with Crippen molar-refractivity contribution in [2.75, 3.05) is 7.05 Å². The summed E-state index contributed by atoms with van der Waals surface area (Å²) in [7, 11) is 1.97. The molecule has 0 radical (unpaired) electrons. The fraction of sp³-hybridized carbons (Fsp3) is 0.625. The average molecular weight is 205 g/mol. The SMILES string of the molecule is CCCC(NC)c1cnc(Cl)s1. The first-order chi connectivity index (χ1) is 5.77. The summed E-state index contributed by atoms with van der Waals surface area (Å²) < 4.78 is 0.626. The number of nitrogens with one attached hydrogen (secondary N) is 1. The van der Waals surface area contributed by atoms with Crippen LogP contribution in [0.3, 0.4) is 0 Å². The van der Waals surface area contributed by atoms with Crippen LogP contribution in [0, 0.1) is 0 Å². The lowest BCUT2D eigenvalue weighted by Gasteiger charge is -2.11. The Kier molecular flexibility index (Phi) is 3.98. The standard InChI is InChI=1S/C8H13ClN2S/c1-3-4-6(10-2)7-5-11-8(9)12-7/h5-6,10H,3-4H2,1-2H3. The van der Waals surface area contributed by atoms with E-state index in [9.17, 15) is 0 Å². The Balaban J connectivity index is 2.66. The highest BCUT2D eigenvalue weighted by Crippen LogP contribution is 2.26. The summed E-state index contributed by atoms with van der Waals surface area (Å²) in [5, 5.41) is 3.24. The fourth-order valence-corrected chi connectivity index (χ4v) is 2.24. The van der Waals surface area contributed by atoms with Crippen LogP contribution < -0.4 is 5.32 Å². The maximum Gasteiger partial charge on any atom is 0.183 e. The Labute approximate surface area is 82.0 Å². The van der Waals surface area contributed by atoms with Crippen molar-refractivity contribution in [2.45, 2.75) is 25.8 Å². The lowest BCUT2D eigenvalue weighted by atomic mass is 10.1. The number of hydrogen-bond acceptors (Lipinski definition) is 3. The first kappa shape index (κ1) is 9.96. The van der Waals surface area contributed by atoms with Crippen LogP contribution >= 0.6 is 22.9 Å². The van der Waals surface area contributed by atoms with E-state index in [1.54, 1.807) is 11.3 Å². The molecular weight excluding hydrogens is 192 g/mol. The highest BCUT2D eigenvalue weighted by Gasteiger charge is 2.10. The van der Waals surface area contributed by atoms with Gasteiger partial charge in [-0.15, -0.1) is 11.3 Å². The molecule has 68 valence electrons. The van der Waals surface area contributed by atoms with Crippen molar-refractivity contribution in [3.05, 3.63) is 15.5 Å². The Bertz CT molecular complexity index is 237. The van der Waals surface area contributed by atoms with Gasteiger partial charge in [-0.25, -0.2) is 4.98 Å². The van der Waals surface area contributed by atoms with Crippen LogP contribution in [0.5, 0.6) is 0 Å². The van der Waals surface area contributed by atoms with Gasteiger partial charge in [-0.2, -0.15) is 0 Å². The van der Waals surface area contributed by atoms with Crippen molar-refractivity contribution in [1.29, 1.82) is 0 Å². The first-order valence-corrected chi connectivity index (χ1v) is 5.25. The molecule has 2 nitrogen and oxygen atoms in total. The molecule has 0 spiro atoms. The molecule has 12 heavy (non-hydrogen) atoms. The minimum absolute atomic E-state index is 0.417. The molecule has 0 saturated heterocycles. The molecule has 0 aromatic carbocycles. The number of rotatable bonds is 4. The van der Waals surface area contributed by atoms with E-state index in [2.05, 4.69) is 17.2 Å². The highest BCUT2D eigenvalue weighted by molar-refractivity contribution is 7.15. The molecule has 1 unspecified atom stereocenters. The summed E-state index contributed by atoms with van der Waals surface area (Å²) in [6.45, 7) is 2.17. The number of hydrogen-bond donors (Lipinski definition) is 1. The third-order valence-corrected chi connectivity index (χ3v) is 2.99. The summed E-state index contributed by atoms with van der Waals surface area (Å²) in [5.41, 5.74) is 0. The molecule has 1 aromatic rings. The minimum Gasteiger partial charge on any atom is -0.312 e. The normalized spacial score (nSPS) is 13.2. The third-order valence-electron chi connectivity index (χ3n) is 1.76. The summed E-state index contributed by atoms with van der Waals surface area (Å²) in [6, 6.07) is 0.417. The maximum atomic E-state index is 5.74. The van der Waals surface area contributed by atoms with E-state index < -0.39 is 0 Å². The van der Waals surface area contributed by atoms with Gasteiger partial charge in [0, 0.05) is 17.1 Å². The van der Waals surface area contributed by atoms with Gasteiger partial charge in [0.25, 0.3) is 0 Å². The lowest BCUT2D eigenvalue weighted by molar-refractivity contribution is 0.549. The van der Waals surface area contributed by atoms with Gasteiger partial charge in [0.15, 0.2) is 4.47 Å². The van der Waals surface area contributed by atoms with Crippen LogP contribution in [0.4, 0.5) is 0 Å². The van der Waals surface area contributed by atoms with Gasteiger partial charge in [-0.1, -0.05) is 24.9 Å². The van der Waals surface area contributed by atoms with E-state index in [1.165, 1.54) is 11.3 Å². The topological polar surface area (TPSA) is 24.9 Å². The summed E-state index contributed by atoms with van der Waals surface area (Å²) in [6.07, 6.45) is 4.15. The molecule has 0 amide bonds. The molecule has 1 atom stereocenters. The fourth-order valence-electron chi connectivity index (χ4n) is 1.14. The second-order valence-electron chi connectivity index (χ2n) is 2.65. The zero-order chi connectivity index (χ0) is 8.97. The zero-order valence-corrected chi connectivity index (χ0v) is 8.87. The number of thiazole rings is 1. The number of halogens is 1. The Morgan fingerprint density at radius 1 is 1.75 bits per heavy atom. The largest absolute Gasteiger partial charge is 0.312 e. The molecule has 0 aliphatic heterocycles. The maximum absolute atomic E-state index is 5.74. The van der Waals surface area contributed by atoms with Crippen molar-refractivity contribution in [1.82, 2.24) is 10.3 Å². The van der Waals surface area contributed by atoms with E-state index in [1.807, 2.05) is 13.2 Å². The zero-order valence-electron chi connectivity index (χ0n) is 7.30.